The van der Waals surface area contributed by atoms with Crippen molar-refractivity contribution in [3.63, 3.8) is 0 Å². The highest BCUT2D eigenvalue weighted by atomic mass is 35.5. The van der Waals surface area contributed by atoms with E-state index < -0.39 is 5.97 Å². The van der Waals surface area contributed by atoms with Crippen LogP contribution in [-0.2, 0) is 4.74 Å². The van der Waals surface area contributed by atoms with Crippen molar-refractivity contribution in [3.05, 3.63) is 39.2 Å². The van der Waals surface area contributed by atoms with Gasteiger partial charge in [0.1, 0.15) is 10.6 Å². The molecule has 3 rings (SSSR count). The number of rotatable bonds is 4. The molecule has 1 saturated heterocycles. The van der Waals surface area contributed by atoms with E-state index in [2.05, 4.69) is 5.32 Å². The zero-order valence-corrected chi connectivity index (χ0v) is 16.5. The lowest BCUT2D eigenvalue weighted by atomic mass is 10.0. The minimum atomic E-state index is -0.480. The molecule has 0 unspecified atom stereocenters. The first-order chi connectivity index (χ1) is 12.5. The molecule has 1 fully saturated rings. The number of carbonyl (C=O) groups is 2. The largest absolute Gasteiger partial charge is 0.462 e. The Kier molecular flexibility index (Phi) is 6.06. The molecule has 0 bridgehead atoms. The lowest BCUT2D eigenvalue weighted by Gasteiger charge is -2.16. The Morgan fingerprint density at radius 3 is 2.62 bits per heavy atom. The van der Waals surface area contributed by atoms with Crippen LogP contribution in [0, 0.1) is 0 Å². The molecule has 0 aliphatic carbocycles. The molecule has 8 heteroatoms. The van der Waals surface area contributed by atoms with Gasteiger partial charge in [0.05, 0.1) is 16.7 Å². The zero-order chi connectivity index (χ0) is 18.7. The number of thiophene rings is 1. The van der Waals surface area contributed by atoms with Crippen LogP contribution in [-0.4, -0.2) is 36.6 Å². The third-order valence-corrected chi connectivity index (χ3v) is 5.75. The summed E-state index contributed by atoms with van der Waals surface area (Å²) in [7, 11) is 0. The van der Waals surface area contributed by atoms with Crippen molar-refractivity contribution in [2.75, 3.05) is 25.0 Å². The highest BCUT2D eigenvalue weighted by Gasteiger charge is 2.25. The minimum absolute atomic E-state index is 0.199. The van der Waals surface area contributed by atoms with Crippen LogP contribution in [0.1, 0.15) is 30.1 Å². The number of hydrogen-bond acceptors (Lipinski definition) is 4. The number of benzene rings is 1. The van der Waals surface area contributed by atoms with Gasteiger partial charge in [0, 0.05) is 24.0 Å². The summed E-state index contributed by atoms with van der Waals surface area (Å²) in [4.78, 5) is 26.7. The Labute approximate surface area is 165 Å². The second-order valence-electron chi connectivity index (χ2n) is 5.83. The maximum absolute atomic E-state index is 12.5. The van der Waals surface area contributed by atoms with Crippen molar-refractivity contribution in [2.24, 2.45) is 0 Å². The van der Waals surface area contributed by atoms with E-state index in [0.717, 1.165) is 31.5 Å². The van der Waals surface area contributed by atoms with E-state index in [1.165, 1.54) is 11.3 Å². The van der Waals surface area contributed by atoms with Gasteiger partial charge in [0.25, 0.3) is 0 Å². The van der Waals surface area contributed by atoms with Gasteiger partial charge in [0.2, 0.25) is 0 Å². The summed E-state index contributed by atoms with van der Waals surface area (Å²) in [6.07, 6.45) is 1.99. The topological polar surface area (TPSA) is 58.6 Å². The molecule has 138 valence electrons. The molecule has 0 spiro atoms. The van der Waals surface area contributed by atoms with Gasteiger partial charge in [-0.05, 0) is 37.5 Å². The van der Waals surface area contributed by atoms with E-state index in [4.69, 9.17) is 27.9 Å². The number of carbonyl (C=O) groups excluding carboxylic acids is 2. The smallest absolute Gasteiger partial charge is 0.341 e. The maximum Gasteiger partial charge on any atom is 0.341 e. The number of nitrogens with zero attached hydrogens (tertiary/aromatic N) is 1. The van der Waals surface area contributed by atoms with Crippen molar-refractivity contribution < 1.29 is 14.3 Å². The molecular formula is C18H18Cl2N2O3S. The first-order valence-electron chi connectivity index (χ1n) is 8.31. The fraction of sp³-hybridized carbons (Fsp3) is 0.333. The Bertz CT molecular complexity index is 832. The maximum atomic E-state index is 12.5. The lowest BCUT2D eigenvalue weighted by Crippen LogP contribution is -2.32. The summed E-state index contributed by atoms with van der Waals surface area (Å²) in [6.45, 7) is 3.44. The molecule has 0 atom stereocenters. The number of likely N-dealkylation sites (tertiary alicyclic amines) is 1. The zero-order valence-electron chi connectivity index (χ0n) is 14.2. The van der Waals surface area contributed by atoms with Gasteiger partial charge in [-0.3, -0.25) is 5.32 Å². The van der Waals surface area contributed by atoms with E-state index in [-0.39, 0.29) is 12.6 Å². The molecule has 1 aromatic carbocycles. The molecule has 1 aromatic heterocycles. The van der Waals surface area contributed by atoms with Crippen LogP contribution in [0.3, 0.4) is 0 Å². The molecule has 1 aliphatic heterocycles. The van der Waals surface area contributed by atoms with Crippen LogP contribution in [0.2, 0.25) is 10.0 Å². The fourth-order valence-electron chi connectivity index (χ4n) is 2.83. The Morgan fingerprint density at radius 1 is 1.23 bits per heavy atom. The molecule has 5 nitrogen and oxygen atoms in total. The van der Waals surface area contributed by atoms with Crippen LogP contribution < -0.4 is 5.32 Å². The third kappa shape index (κ3) is 3.98. The molecule has 1 N–H and O–H groups in total. The molecular weight excluding hydrogens is 395 g/mol. The average molecular weight is 413 g/mol. The minimum Gasteiger partial charge on any atom is -0.462 e. The van der Waals surface area contributed by atoms with Gasteiger partial charge < -0.3 is 9.64 Å². The summed E-state index contributed by atoms with van der Waals surface area (Å²) >= 11 is 13.4. The molecule has 2 aromatic rings. The van der Waals surface area contributed by atoms with Crippen LogP contribution in [0.25, 0.3) is 11.1 Å². The first kappa shape index (κ1) is 19.0. The number of hydrogen-bond donors (Lipinski definition) is 1. The Morgan fingerprint density at radius 2 is 1.96 bits per heavy atom. The fourth-order valence-corrected chi connectivity index (χ4v) is 4.07. The van der Waals surface area contributed by atoms with Gasteiger partial charge in [-0.1, -0.05) is 29.3 Å². The van der Waals surface area contributed by atoms with Crippen molar-refractivity contribution in [3.8, 4) is 11.1 Å². The molecule has 26 heavy (non-hydrogen) atoms. The number of esters is 1. The predicted octanol–water partition coefficient (Wildman–Crippen LogP) is 5.53. The average Bonchev–Trinajstić information content (AvgIpc) is 3.27. The van der Waals surface area contributed by atoms with Crippen molar-refractivity contribution >= 4 is 51.5 Å². The molecule has 2 amide bonds. The Balaban J connectivity index is 1.96. The first-order valence-corrected chi connectivity index (χ1v) is 9.94. The number of halogens is 2. The van der Waals surface area contributed by atoms with E-state index in [9.17, 15) is 9.59 Å². The van der Waals surface area contributed by atoms with Gasteiger partial charge in [-0.2, -0.15) is 0 Å². The predicted molar refractivity (Wildman–Crippen MR) is 106 cm³/mol. The SMILES string of the molecule is CCOC(=O)c1c(-c2ccc(Cl)c(Cl)c2)csc1NC(=O)N1CCCC1. The number of urea groups is 1. The van der Waals surface area contributed by atoms with E-state index >= 15 is 0 Å². The summed E-state index contributed by atoms with van der Waals surface area (Å²) in [5, 5.41) is 5.97. The number of anilines is 1. The number of nitrogens with one attached hydrogen (secondary N) is 1. The number of ether oxygens (including phenoxy) is 1. The van der Waals surface area contributed by atoms with Gasteiger partial charge >= 0.3 is 12.0 Å². The molecule has 1 aliphatic rings. The van der Waals surface area contributed by atoms with Crippen LogP contribution in [0.5, 0.6) is 0 Å². The second kappa shape index (κ2) is 8.29. The van der Waals surface area contributed by atoms with E-state index in [0.29, 0.717) is 26.2 Å². The number of amides is 2. The summed E-state index contributed by atoms with van der Waals surface area (Å²) < 4.78 is 5.19. The molecule has 0 saturated carbocycles. The van der Waals surface area contributed by atoms with Crippen LogP contribution in [0.15, 0.2) is 23.6 Å². The highest BCUT2D eigenvalue weighted by Crippen LogP contribution is 2.38. The molecule has 0 radical (unpaired) electrons. The van der Waals surface area contributed by atoms with Crippen LogP contribution in [0.4, 0.5) is 9.80 Å². The van der Waals surface area contributed by atoms with Gasteiger partial charge in [-0.15, -0.1) is 11.3 Å². The highest BCUT2D eigenvalue weighted by molar-refractivity contribution is 7.15. The Hall–Kier alpha value is -1.76. The van der Waals surface area contributed by atoms with Crippen LogP contribution >= 0.6 is 34.5 Å². The third-order valence-electron chi connectivity index (χ3n) is 4.11. The van der Waals surface area contributed by atoms with Crippen molar-refractivity contribution in [1.82, 2.24) is 4.90 Å². The lowest BCUT2D eigenvalue weighted by molar-refractivity contribution is 0.0529. The van der Waals surface area contributed by atoms with Gasteiger partial charge in [-0.25, -0.2) is 9.59 Å². The van der Waals surface area contributed by atoms with E-state index in [1.54, 1.807) is 30.0 Å². The van der Waals surface area contributed by atoms with E-state index in [1.807, 2.05) is 5.38 Å². The summed E-state index contributed by atoms with van der Waals surface area (Å²) in [5.74, 6) is -0.480. The van der Waals surface area contributed by atoms with Crippen molar-refractivity contribution in [1.29, 1.82) is 0 Å². The standard InChI is InChI=1S/C18H18Cl2N2O3S/c1-2-25-17(23)15-12(11-5-6-13(19)14(20)9-11)10-26-16(15)21-18(24)22-7-3-4-8-22/h5-6,9-10H,2-4,7-8H2,1H3,(H,21,24). The summed E-state index contributed by atoms with van der Waals surface area (Å²) in [6, 6.07) is 4.95. The quantitative estimate of drug-likeness (QED) is 0.671. The van der Waals surface area contributed by atoms with Gasteiger partial charge in [0.15, 0.2) is 0 Å². The monoisotopic (exact) mass is 412 g/mol. The molecule has 2 heterocycles. The second-order valence-corrected chi connectivity index (χ2v) is 7.52. The normalized spacial score (nSPS) is 13.7. The summed E-state index contributed by atoms with van der Waals surface area (Å²) in [5.41, 5.74) is 1.73. The van der Waals surface area contributed by atoms with Crippen molar-refractivity contribution in [2.45, 2.75) is 19.8 Å².